The molecule has 0 amide bonds. The van der Waals surface area contributed by atoms with Crippen LogP contribution in [0.25, 0.3) is 22.3 Å². The molecule has 250 valence electrons. The lowest BCUT2D eigenvalue weighted by Gasteiger charge is -2.33. The molecule has 49 heavy (non-hydrogen) atoms. The van der Waals surface area contributed by atoms with Gasteiger partial charge in [-0.3, -0.25) is 10.1 Å². The number of anilines is 4. The Hall–Kier alpha value is -4.20. The van der Waals surface area contributed by atoms with Crippen LogP contribution in [0, 0.1) is 10.1 Å². The van der Waals surface area contributed by atoms with Gasteiger partial charge in [0, 0.05) is 38.7 Å². The van der Waals surface area contributed by atoms with Gasteiger partial charge in [0.2, 0.25) is 0 Å². The molecule has 2 aliphatic heterocycles. The summed E-state index contributed by atoms with van der Waals surface area (Å²) in [6.45, 7) is 6.42. The van der Waals surface area contributed by atoms with Crippen LogP contribution in [-0.2, 0) is 0 Å². The number of fused-ring (bicyclic) bond motifs is 4. The van der Waals surface area contributed by atoms with Crippen molar-refractivity contribution in [3.8, 4) is 22.3 Å². The largest absolute Gasteiger partial charge is 0.340 e. The molecule has 0 atom stereocenters. The highest BCUT2D eigenvalue weighted by Gasteiger charge is 2.26. The van der Waals surface area contributed by atoms with Crippen LogP contribution in [0.3, 0.4) is 0 Å². The molecule has 0 spiro atoms. The van der Waals surface area contributed by atoms with Crippen LogP contribution in [-0.4, -0.2) is 18.0 Å². The maximum absolute atomic E-state index is 12.6. The summed E-state index contributed by atoms with van der Waals surface area (Å²) in [6.07, 6.45) is 9.63. The molecule has 0 radical (unpaired) electrons. The van der Waals surface area contributed by atoms with Gasteiger partial charge in [-0.25, -0.2) is 0 Å². The number of rotatable bonds is 13. The van der Waals surface area contributed by atoms with Gasteiger partial charge in [-0.1, -0.05) is 118 Å². The van der Waals surface area contributed by atoms with E-state index in [9.17, 15) is 10.1 Å². The number of unbranched alkanes of at least 4 members (excludes halogenated alkanes) is 6. The average molecular weight is 686 g/mol. The van der Waals surface area contributed by atoms with E-state index in [1.165, 1.54) is 76.0 Å². The van der Waals surface area contributed by atoms with Gasteiger partial charge >= 0.3 is 0 Å². The van der Waals surface area contributed by atoms with E-state index in [1.54, 1.807) is 29.6 Å². The summed E-state index contributed by atoms with van der Waals surface area (Å²) in [5.74, 6) is 0. The van der Waals surface area contributed by atoms with E-state index in [0.29, 0.717) is 5.56 Å². The first-order chi connectivity index (χ1) is 24.1. The Morgan fingerprint density at radius 1 is 0.531 bits per heavy atom. The SMILES string of the molecule is CCCCCCN1c2ccccc2Sc2cc(-c3ccc(-c4ccc5c(c4)Sc4ccccc4N5CCCCCC)c([N+](=O)[O-])c3)ccc21. The molecule has 0 saturated heterocycles. The van der Waals surface area contributed by atoms with Crippen molar-refractivity contribution in [1.29, 1.82) is 0 Å². The third kappa shape index (κ3) is 6.97. The lowest BCUT2D eigenvalue weighted by Crippen LogP contribution is -2.22. The van der Waals surface area contributed by atoms with Gasteiger partial charge in [0.05, 0.1) is 33.2 Å². The first kappa shape index (κ1) is 33.3. The number of benzene rings is 5. The zero-order chi connectivity index (χ0) is 33.7. The molecule has 0 unspecified atom stereocenters. The molecule has 0 aromatic heterocycles. The highest BCUT2D eigenvalue weighted by Crippen LogP contribution is 2.51. The number of hydrogen-bond acceptors (Lipinski definition) is 6. The summed E-state index contributed by atoms with van der Waals surface area (Å²) in [6, 6.07) is 35.8. The minimum Gasteiger partial charge on any atom is -0.340 e. The number of hydrogen-bond donors (Lipinski definition) is 0. The van der Waals surface area contributed by atoms with Crippen LogP contribution in [0.15, 0.2) is 123 Å². The zero-order valence-corrected chi connectivity index (χ0v) is 30.0. The van der Waals surface area contributed by atoms with Gasteiger partial charge < -0.3 is 9.80 Å². The molecule has 0 aliphatic carbocycles. The summed E-state index contributed by atoms with van der Waals surface area (Å²) in [4.78, 5) is 22.0. The molecule has 5 aromatic rings. The van der Waals surface area contributed by atoms with Crippen molar-refractivity contribution >= 4 is 52.0 Å². The van der Waals surface area contributed by atoms with E-state index in [4.69, 9.17) is 0 Å². The molecule has 5 nitrogen and oxygen atoms in total. The van der Waals surface area contributed by atoms with Gasteiger partial charge in [-0.2, -0.15) is 0 Å². The second-order valence-corrected chi connectivity index (χ2v) is 15.1. The standard InChI is InChI=1S/C42H43N3O2S2/c1-3-5-7-13-25-43-34-15-9-11-17-39(34)48-41-28-31(20-23-36(41)43)30-19-22-33(38(27-30)45(46)47)32-21-24-37-42(29-32)49-40-18-12-10-16-35(40)44(37)26-14-8-6-4-2/h9-12,15-24,27-29H,3-8,13-14,25-26H2,1-2H3. The highest BCUT2D eigenvalue weighted by atomic mass is 32.2. The molecular weight excluding hydrogens is 643 g/mol. The monoisotopic (exact) mass is 685 g/mol. The van der Waals surface area contributed by atoms with Crippen LogP contribution in [0.4, 0.5) is 28.4 Å². The summed E-state index contributed by atoms with van der Waals surface area (Å²) in [5.41, 5.74) is 8.37. The second-order valence-electron chi connectivity index (χ2n) is 12.9. The van der Waals surface area contributed by atoms with E-state index in [2.05, 4.69) is 109 Å². The number of nitrogens with zero attached hydrogens (tertiary/aromatic N) is 3. The Kier molecular flexibility index (Phi) is 10.3. The Balaban J connectivity index is 1.19. The van der Waals surface area contributed by atoms with Crippen LogP contribution in [0.1, 0.15) is 65.2 Å². The summed E-state index contributed by atoms with van der Waals surface area (Å²) in [5, 5.41) is 12.6. The van der Waals surface area contributed by atoms with Gasteiger partial charge in [0.15, 0.2) is 0 Å². The van der Waals surface area contributed by atoms with Gasteiger partial charge in [-0.15, -0.1) is 0 Å². The van der Waals surface area contributed by atoms with Crippen molar-refractivity contribution < 1.29 is 4.92 Å². The minimum absolute atomic E-state index is 0.128. The lowest BCUT2D eigenvalue weighted by atomic mass is 9.97. The first-order valence-corrected chi connectivity index (χ1v) is 19.3. The van der Waals surface area contributed by atoms with Gasteiger partial charge in [0.1, 0.15) is 0 Å². The first-order valence-electron chi connectivity index (χ1n) is 17.7. The fourth-order valence-corrected chi connectivity index (χ4v) is 9.27. The second kappa shape index (κ2) is 15.1. The smallest absolute Gasteiger partial charge is 0.277 e. The maximum atomic E-state index is 12.6. The fourth-order valence-electron chi connectivity index (χ4n) is 7.00. The molecule has 0 fully saturated rings. The Labute approximate surface area is 298 Å². The quantitative estimate of drug-likeness (QED) is 0.0698. The Morgan fingerprint density at radius 3 is 1.55 bits per heavy atom. The lowest BCUT2D eigenvalue weighted by molar-refractivity contribution is -0.384. The van der Waals surface area contributed by atoms with Crippen molar-refractivity contribution in [3.63, 3.8) is 0 Å². The molecule has 2 aliphatic rings. The van der Waals surface area contributed by atoms with Crippen LogP contribution < -0.4 is 9.80 Å². The van der Waals surface area contributed by atoms with Crippen LogP contribution in [0.5, 0.6) is 0 Å². The van der Waals surface area contributed by atoms with E-state index < -0.39 is 0 Å². The van der Waals surface area contributed by atoms with Crippen molar-refractivity contribution in [2.75, 3.05) is 22.9 Å². The van der Waals surface area contributed by atoms with Gasteiger partial charge in [0.25, 0.3) is 5.69 Å². The number of nitro benzene ring substituents is 1. The molecule has 7 heteroatoms. The van der Waals surface area contributed by atoms with E-state index in [1.807, 2.05) is 12.1 Å². The molecule has 2 heterocycles. The molecule has 0 N–H and O–H groups in total. The molecule has 0 saturated carbocycles. The normalized spacial score (nSPS) is 13.0. The maximum Gasteiger partial charge on any atom is 0.277 e. The zero-order valence-electron chi connectivity index (χ0n) is 28.4. The van der Waals surface area contributed by atoms with E-state index in [0.717, 1.165) is 47.5 Å². The van der Waals surface area contributed by atoms with Crippen molar-refractivity contribution in [2.45, 2.75) is 84.8 Å². The molecule has 5 aromatic carbocycles. The fraction of sp³-hybridized carbons (Fsp3) is 0.286. The Morgan fingerprint density at radius 2 is 1.00 bits per heavy atom. The highest BCUT2D eigenvalue weighted by molar-refractivity contribution is 8.00. The summed E-state index contributed by atoms with van der Waals surface area (Å²) < 4.78 is 0. The number of nitro groups is 1. The summed E-state index contributed by atoms with van der Waals surface area (Å²) >= 11 is 3.53. The van der Waals surface area contributed by atoms with E-state index in [-0.39, 0.29) is 10.6 Å². The predicted molar refractivity (Wildman–Crippen MR) is 207 cm³/mol. The average Bonchev–Trinajstić information content (AvgIpc) is 3.13. The summed E-state index contributed by atoms with van der Waals surface area (Å²) in [7, 11) is 0. The molecular formula is C42H43N3O2S2. The number of para-hydroxylation sites is 2. The third-order valence-electron chi connectivity index (χ3n) is 9.56. The van der Waals surface area contributed by atoms with Gasteiger partial charge in [-0.05, 0) is 84.1 Å². The van der Waals surface area contributed by atoms with Crippen LogP contribution in [0.2, 0.25) is 0 Å². The van der Waals surface area contributed by atoms with Crippen LogP contribution >= 0.6 is 23.5 Å². The molecule has 0 bridgehead atoms. The van der Waals surface area contributed by atoms with Crippen molar-refractivity contribution in [2.24, 2.45) is 0 Å². The van der Waals surface area contributed by atoms with Crippen molar-refractivity contribution in [1.82, 2.24) is 0 Å². The topological polar surface area (TPSA) is 49.6 Å². The Bertz CT molecular complexity index is 1980. The molecule has 7 rings (SSSR count). The van der Waals surface area contributed by atoms with Crippen molar-refractivity contribution in [3.05, 3.63) is 113 Å². The third-order valence-corrected chi connectivity index (χ3v) is 11.8. The minimum atomic E-state index is -0.234. The predicted octanol–water partition coefficient (Wildman–Crippen LogP) is 13.3. The van der Waals surface area contributed by atoms with E-state index >= 15 is 0 Å².